The molecule has 1 saturated heterocycles. The maximum atomic E-state index is 11.2. The standard InChI is InChI=1S/C28H30BNO5/c1-27(2)28(3,4)35-29(34-27)24-16-21(10-9-20-11-13-30-14-12-20)15-22(17-24)19-33-25-8-6-5-7-23(25)18-26(31)32/h5-17H,18-19H2,1-4H3,(H,31,32)/b10-9+. The Kier molecular flexibility index (Phi) is 7.10. The molecule has 7 heteroatoms. The highest BCUT2D eigenvalue weighted by atomic mass is 16.7. The zero-order valence-electron chi connectivity index (χ0n) is 20.5. The van der Waals surface area contributed by atoms with Gasteiger partial charge in [-0.1, -0.05) is 42.5 Å². The summed E-state index contributed by atoms with van der Waals surface area (Å²) >= 11 is 0. The smallest absolute Gasteiger partial charge is 0.489 e. The number of carbonyl (C=O) groups is 1. The molecule has 1 aliphatic heterocycles. The quantitative estimate of drug-likeness (QED) is 0.478. The second-order valence-electron chi connectivity index (χ2n) is 9.68. The summed E-state index contributed by atoms with van der Waals surface area (Å²) in [5.74, 6) is -0.336. The molecule has 180 valence electrons. The van der Waals surface area contributed by atoms with Gasteiger partial charge in [0.25, 0.3) is 0 Å². The van der Waals surface area contributed by atoms with Crippen LogP contribution in [0.2, 0.25) is 0 Å². The van der Waals surface area contributed by atoms with Crippen molar-refractivity contribution in [3.8, 4) is 5.75 Å². The van der Waals surface area contributed by atoms with Gasteiger partial charge in [-0.25, -0.2) is 0 Å². The monoisotopic (exact) mass is 471 g/mol. The highest BCUT2D eigenvalue weighted by Crippen LogP contribution is 2.36. The van der Waals surface area contributed by atoms with Crippen molar-refractivity contribution >= 4 is 30.7 Å². The van der Waals surface area contributed by atoms with E-state index in [1.165, 1.54) is 0 Å². The fraction of sp³-hybridized carbons (Fsp3) is 0.286. The molecule has 1 aromatic heterocycles. The zero-order valence-corrected chi connectivity index (χ0v) is 20.5. The first kappa shape index (κ1) is 24.7. The van der Waals surface area contributed by atoms with Crippen LogP contribution in [0.5, 0.6) is 5.75 Å². The molecule has 0 amide bonds. The fourth-order valence-corrected chi connectivity index (χ4v) is 3.82. The number of ether oxygens (including phenoxy) is 1. The SMILES string of the molecule is CC1(C)OB(c2cc(/C=C/c3ccncc3)cc(COc3ccccc3CC(=O)O)c2)OC1(C)C. The Bertz CT molecular complexity index is 1210. The van der Waals surface area contributed by atoms with Crippen molar-refractivity contribution in [2.24, 2.45) is 0 Å². The molecule has 0 unspecified atom stereocenters. The Morgan fingerprint density at radius 3 is 2.31 bits per heavy atom. The maximum absolute atomic E-state index is 11.2. The first-order chi connectivity index (χ1) is 16.6. The van der Waals surface area contributed by atoms with E-state index in [0.29, 0.717) is 11.3 Å². The molecule has 0 aliphatic carbocycles. The van der Waals surface area contributed by atoms with E-state index in [-0.39, 0.29) is 13.0 Å². The normalized spacial score (nSPS) is 16.5. The number of carboxylic acids is 1. The second kappa shape index (κ2) is 10.1. The van der Waals surface area contributed by atoms with Crippen LogP contribution in [0.3, 0.4) is 0 Å². The minimum absolute atomic E-state index is 0.0932. The van der Waals surface area contributed by atoms with Gasteiger partial charge in [0, 0.05) is 18.0 Å². The average molecular weight is 471 g/mol. The highest BCUT2D eigenvalue weighted by molar-refractivity contribution is 6.62. The van der Waals surface area contributed by atoms with Crippen LogP contribution in [0.25, 0.3) is 12.2 Å². The summed E-state index contributed by atoms with van der Waals surface area (Å²) in [4.78, 5) is 15.3. The maximum Gasteiger partial charge on any atom is 0.494 e. The van der Waals surface area contributed by atoms with Crippen molar-refractivity contribution < 1.29 is 23.9 Å². The molecule has 2 heterocycles. The van der Waals surface area contributed by atoms with Gasteiger partial charge >= 0.3 is 13.1 Å². The Hall–Kier alpha value is -3.42. The van der Waals surface area contributed by atoms with Crippen molar-refractivity contribution in [1.82, 2.24) is 4.98 Å². The molecule has 35 heavy (non-hydrogen) atoms. The molecule has 6 nitrogen and oxygen atoms in total. The number of para-hydroxylation sites is 1. The summed E-state index contributed by atoms with van der Waals surface area (Å²) in [5.41, 5.74) is 3.59. The zero-order chi connectivity index (χ0) is 25.1. The topological polar surface area (TPSA) is 77.9 Å². The predicted molar refractivity (Wildman–Crippen MR) is 137 cm³/mol. The van der Waals surface area contributed by atoms with E-state index in [9.17, 15) is 9.90 Å². The molecule has 0 bridgehead atoms. The summed E-state index contributed by atoms with van der Waals surface area (Å²) in [6, 6.07) is 17.2. The van der Waals surface area contributed by atoms with Crippen molar-refractivity contribution in [2.45, 2.75) is 51.9 Å². The second-order valence-corrected chi connectivity index (χ2v) is 9.68. The van der Waals surface area contributed by atoms with Gasteiger partial charge in [0.05, 0.1) is 17.6 Å². The Morgan fingerprint density at radius 2 is 1.63 bits per heavy atom. The molecule has 1 aliphatic rings. The summed E-state index contributed by atoms with van der Waals surface area (Å²) < 4.78 is 18.6. The predicted octanol–water partition coefficient (Wildman–Crippen LogP) is 4.76. The Labute approximate surface area is 206 Å². The third-order valence-electron chi connectivity index (χ3n) is 6.45. The fourth-order valence-electron chi connectivity index (χ4n) is 3.82. The first-order valence-electron chi connectivity index (χ1n) is 11.6. The van der Waals surface area contributed by atoms with E-state index in [1.807, 2.05) is 76.2 Å². The number of aliphatic carboxylic acids is 1. The summed E-state index contributed by atoms with van der Waals surface area (Å²) in [5, 5.41) is 9.21. The van der Waals surface area contributed by atoms with E-state index < -0.39 is 24.3 Å². The van der Waals surface area contributed by atoms with Crippen molar-refractivity contribution in [2.75, 3.05) is 0 Å². The molecule has 1 fully saturated rings. The van der Waals surface area contributed by atoms with Crippen LogP contribution in [0.4, 0.5) is 0 Å². The molecular formula is C28H30BNO5. The van der Waals surface area contributed by atoms with E-state index in [4.69, 9.17) is 14.0 Å². The van der Waals surface area contributed by atoms with Crippen LogP contribution in [0, 0.1) is 0 Å². The van der Waals surface area contributed by atoms with E-state index in [0.717, 1.165) is 22.2 Å². The van der Waals surface area contributed by atoms with Gasteiger partial charge < -0.3 is 19.2 Å². The van der Waals surface area contributed by atoms with E-state index in [1.54, 1.807) is 24.5 Å². The minimum Gasteiger partial charge on any atom is -0.489 e. The molecule has 1 N–H and O–H groups in total. The third kappa shape index (κ3) is 5.99. The molecule has 0 radical (unpaired) electrons. The van der Waals surface area contributed by atoms with Gasteiger partial charge in [-0.3, -0.25) is 9.78 Å². The number of benzene rings is 2. The number of carboxylic acid groups (broad SMARTS) is 1. The molecule has 0 saturated carbocycles. The number of aromatic nitrogens is 1. The lowest BCUT2D eigenvalue weighted by atomic mass is 9.77. The van der Waals surface area contributed by atoms with Crippen LogP contribution in [0.15, 0.2) is 67.0 Å². The van der Waals surface area contributed by atoms with Gasteiger partial charge in [0.2, 0.25) is 0 Å². The lowest BCUT2D eigenvalue weighted by molar-refractivity contribution is -0.136. The molecule has 3 aromatic rings. The largest absolute Gasteiger partial charge is 0.494 e. The van der Waals surface area contributed by atoms with Crippen LogP contribution < -0.4 is 10.2 Å². The summed E-state index contributed by atoms with van der Waals surface area (Å²) in [7, 11) is -0.507. The van der Waals surface area contributed by atoms with Crippen LogP contribution in [-0.2, 0) is 27.1 Å². The lowest BCUT2D eigenvalue weighted by Crippen LogP contribution is -2.41. The first-order valence-corrected chi connectivity index (χ1v) is 11.6. The van der Waals surface area contributed by atoms with Crippen molar-refractivity contribution in [3.63, 3.8) is 0 Å². The third-order valence-corrected chi connectivity index (χ3v) is 6.45. The molecule has 0 atom stereocenters. The summed E-state index contributed by atoms with van der Waals surface area (Å²) in [6.45, 7) is 8.40. The lowest BCUT2D eigenvalue weighted by Gasteiger charge is -2.32. The Balaban J connectivity index is 1.63. The van der Waals surface area contributed by atoms with E-state index >= 15 is 0 Å². The minimum atomic E-state index is -0.896. The highest BCUT2D eigenvalue weighted by Gasteiger charge is 2.51. The molecule has 2 aromatic carbocycles. The van der Waals surface area contributed by atoms with Crippen LogP contribution in [-0.4, -0.2) is 34.4 Å². The average Bonchev–Trinajstić information content (AvgIpc) is 3.04. The number of rotatable bonds is 8. The van der Waals surface area contributed by atoms with Gasteiger partial charge in [0.15, 0.2) is 0 Å². The summed E-state index contributed by atoms with van der Waals surface area (Å²) in [6.07, 6.45) is 7.48. The van der Waals surface area contributed by atoms with Gasteiger partial charge in [0.1, 0.15) is 12.4 Å². The van der Waals surface area contributed by atoms with Gasteiger partial charge in [-0.15, -0.1) is 0 Å². The molecule has 4 rings (SSSR count). The molecular weight excluding hydrogens is 441 g/mol. The molecule has 0 spiro atoms. The van der Waals surface area contributed by atoms with E-state index in [2.05, 4.69) is 11.1 Å². The number of nitrogens with zero attached hydrogens (tertiary/aromatic N) is 1. The number of hydrogen-bond donors (Lipinski definition) is 1. The van der Waals surface area contributed by atoms with Crippen LogP contribution >= 0.6 is 0 Å². The van der Waals surface area contributed by atoms with Crippen molar-refractivity contribution in [1.29, 1.82) is 0 Å². The number of pyridine rings is 1. The Morgan fingerprint density at radius 1 is 0.971 bits per heavy atom. The van der Waals surface area contributed by atoms with Gasteiger partial charge in [-0.05, 0) is 74.1 Å². The number of hydrogen-bond acceptors (Lipinski definition) is 5. The van der Waals surface area contributed by atoms with Crippen LogP contribution in [0.1, 0.15) is 49.9 Å². The van der Waals surface area contributed by atoms with Crippen molar-refractivity contribution in [3.05, 3.63) is 89.2 Å². The van der Waals surface area contributed by atoms with Gasteiger partial charge in [-0.2, -0.15) is 0 Å².